The minimum atomic E-state index is -0.739. The van der Waals surface area contributed by atoms with Gasteiger partial charge in [0, 0.05) is 17.6 Å². The molecule has 0 fully saturated rings. The molecule has 3 N–H and O–H groups in total. The summed E-state index contributed by atoms with van der Waals surface area (Å²) in [7, 11) is 1.36. The van der Waals surface area contributed by atoms with Gasteiger partial charge in [0.15, 0.2) is 0 Å². The number of nitrogens with two attached hydrogens (primary N) is 1. The van der Waals surface area contributed by atoms with Gasteiger partial charge in [-0.2, -0.15) is 0 Å². The molecule has 0 saturated carbocycles. The predicted octanol–water partition coefficient (Wildman–Crippen LogP) is 0.995. The van der Waals surface area contributed by atoms with Gasteiger partial charge in [0.05, 0.1) is 0 Å². The molecule has 0 aliphatic heterocycles. The van der Waals surface area contributed by atoms with Crippen LogP contribution in [0.5, 0.6) is 0 Å². The molecule has 1 aromatic carbocycles. The van der Waals surface area contributed by atoms with Crippen LogP contribution in [-0.2, 0) is 0 Å². The van der Waals surface area contributed by atoms with Crippen molar-refractivity contribution in [2.45, 2.75) is 0 Å². The number of nitrogens with zero attached hydrogens (tertiary/aromatic N) is 1. The van der Waals surface area contributed by atoms with E-state index in [0.29, 0.717) is 10.6 Å². The van der Waals surface area contributed by atoms with Crippen LogP contribution in [-0.4, -0.2) is 24.0 Å². The summed E-state index contributed by atoms with van der Waals surface area (Å²) in [4.78, 5) is 22.1. The van der Waals surface area contributed by atoms with E-state index in [4.69, 9.17) is 17.3 Å². The average Bonchev–Trinajstić information content (AvgIpc) is 2.18. The normalized spacial score (nSPS) is 9.47. The first kappa shape index (κ1) is 11.3. The van der Waals surface area contributed by atoms with Crippen molar-refractivity contribution in [3.8, 4) is 0 Å². The number of benzene rings is 1. The number of hydrazine groups is 1. The number of carbonyl (C=O) groups excluding carboxylic acids is 2. The highest BCUT2D eigenvalue weighted by atomic mass is 35.5. The molecule has 5 nitrogen and oxygen atoms in total. The van der Waals surface area contributed by atoms with Crippen molar-refractivity contribution in [3.63, 3.8) is 0 Å². The van der Waals surface area contributed by atoms with E-state index in [2.05, 4.69) is 5.43 Å². The quantitative estimate of drug-likeness (QED) is 0.703. The molecule has 0 saturated heterocycles. The summed E-state index contributed by atoms with van der Waals surface area (Å²) in [6, 6.07) is 5.53. The Hall–Kier alpha value is -1.75. The maximum absolute atomic E-state index is 11.5. The van der Waals surface area contributed by atoms with Gasteiger partial charge >= 0.3 is 6.03 Å². The SMILES string of the molecule is CN(NC(=O)c1ccc(Cl)cc1)C(N)=O. The van der Waals surface area contributed by atoms with Crippen LogP contribution < -0.4 is 11.2 Å². The second-order valence-electron chi connectivity index (χ2n) is 2.85. The standard InChI is InChI=1S/C9H10ClN3O2/c1-13(9(11)15)12-8(14)6-2-4-7(10)5-3-6/h2-5H,1H3,(H2,11,15)(H,12,14). The third kappa shape index (κ3) is 3.14. The van der Waals surface area contributed by atoms with Crippen LogP contribution in [0, 0.1) is 0 Å². The van der Waals surface area contributed by atoms with E-state index < -0.39 is 11.9 Å². The molecule has 0 aliphatic carbocycles. The molecule has 80 valence electrons. The minimum absolute atomic E-state index is 0.396. The molecule has 0 spiro atoms. The zero-order chi connectivity index (χ0) is 11.4. The fourth-order valence-corrected chi connectivity index (χ4v) is 0.999. The number of urea groups is 1. The molecule has 6 heteroatoms. The molecular weight excluding hydrogens is 218 g/mol. The fourth-order valence-electron chi connectivity index (χ4n) is 0.873. The second-order valence-corrected chi connectivity index (χ2v) is 3.28. The van der Waals surface area contributed by atoms with Gasteiger partial charge < -0.3 is 5.73 Å². The Kier molecular flexibility index (Phi) is 3.51. The second kappa shape index (κ2) is 4.65. The number of primary amides is 1. The number of amides is 3. The number of hydrogen-bond donors (Lipinski definition) is 2. The Morgan fingerprint density at radius 2 is 1.87 bits per heavy atom. The van der Waals surface area contributed by atoms with Crippen molar-refractivity contribution in [3.05, 3.63) is 34.9 Å². The van der Waals surface area contributed by atoms with Crippen molar-refractivity contribution < 1.29 is 9.59 Å². The van der Waals surface area contributed by atoms with E-state index in [9.17, 15) is 9.59 Å². The van der Waals surface area contributed by atoms with E-state index in [-0.39, 0.29) is 0 Å². The van der Waals surface area contributed by atoms with E-state index >= 15 is 0 Å². The number of halogens is 1. The number of nitrogens with one attached hydrogen (secondary N) is 1. The van der Waals surface area contributed by atoms with Crippen molar-refractivity contribution in [2.24, 2.45) is 5.73 Å². The van der Waals surface area contributed by atoms with Gasteiger partial charge in [-0.05, 0) is 24.3 Å². The molecule has 0 aliphatic rings. The zero-order valence-electron chi connectivity index (χ0n) is 8.03. The van der Waals surface area contributed by atoms with E-state index in [1.807, 2.05) is 0 Å². The van der Waals surface area contributed by atoms with Gasteiger partial charge in [0.1, 0.15) is 0 Å². The van der Waals surface area contributed by atoms with Gasteiger partial charge in [-0.25, -0.2) is 9.80 Å². The summed E-state index contributed by atoms with van der Waals surface area (Å²) in [5.74, 6) is -0.423. The first-order valence-corrected chi connectivity index (χ1v) is 4.48. The maximum Gasteiger partial charge on any atom is 0.333 e. The predicted molar refractivity (Wildman–Crippen MR) is 56.3 cm³/mol. The summed E-state index contributed by atoms with van der Waals surface area (Å²) >= 11 is 5.66. The van der Waals surface area contributed by atoms with Crippen LogP contribution in [0.15, 0.2) is 24.3 Å². The lowest BCUT2D eigenvalue weighted by atomic mass is 10.2. The Balaban J connectivity index is 2.69. The molecule has 0 radical (unpaired) electrons. The van der Waals surface area contributed by atoms with Crippen LogP contribution in [0.4, 0.5) is 4.79 Å². The summed E-state index contributed by atoms with van der Waals surface area (Å²) < 4.78 is 0. The van der Waals surface area contributed by atoms with E-state index in [1.54, 1.807) is 24.3 Å². The smallest absolute Gasteiger partial charge is 0.333 e. The number of hydrogen-bond acceptors (Lipinski definition) is 2. The summed E-state index contributed by atoms with van der Waals surface area (Å²) in [5.41, 5.74) is 7.63. The van der Waals surface area contributed by atoms with E-state index in [0.717, 1.165) is 5.01 Å². The van der Waals surface area contributed by atoms with Crippen molar-refractivity contribution >= 4 is 23.5 Å². The molecule has 1 rings (SSSR count). The lowest BCUT2D eigenvalue weighted by Gasteiger charge is -2.15. The first-order valence-electron chi connectivity index (χ1n) is 4.10. The Labute approximate surface area is 91.8 Å². The van der Waals surface area contributed by atoms with Gasteiger partial charge in [-0.15, -0.1) is 0 Å². The number of carbonyl (C=O) groups is 2. The Bertz CT molecular complexity index is 377. The topological polar surface area (TPSA) is 75.4 Å². The molecule has 0 unspecified atom stereocenters. The largest absolute Gasteiger partial charge is 0.350 e. The Morgan fingerprint density at radius 1 is 1.33 bits per heavy atom. The molecule has 15 heavy (non-hydrogen) atoms. The zero-order valence-corrected chi connectivity index (χ0v) is 8.78. The summed E-state index contributed by atoms with van der Waals surface area (Å²) in [5, 5.41) is 1.44. The highest BCUT2D eigenvalue weighted by Crippen LogP contribution is 2.09. The molecule has 0 atom stereocenters. The van der Waals surface area contributed by atoms with Gasteiger partial charge in [-0.3, -0.25) is 10.2 Å². The molecular formula is C9H10ClN3O2. The van der Waals surface area contributed by atoms with Gasteiger partial charge in [0.2, 0.25) is 0 Å². The lowest BCUT2D eigenvalue weighted by molar-refractivity contribution is 0.0859. The van der Waals surface area contributed by atoms with Crippen molar-refractivity contribution in [2.75, 3.05) is 7.05 Å². The monoisotopic (exact) mass is 227 g/mol. The minimum Gasteiger partial charge on any atom is -0.350 e. The third-order valence-corrected chi connectivity index (χ3v) is 1.96. The van der Waals surface area contributed by atoms with Crippen molar-refractivity contribution in [1.29, 1.82) is 0 Å². The highest BCUT2D eigenvalue weighted by molar-refractivity contribution is 6.30. The first-order chi connectivity index (χ1) is 7.00. The molecule has 0 bridgehead atoms. The molecule has 1 aromatic rings. The van der Waals surface area contributed by atoms with Crippen LogP contribution in [0.1, 0.15) is 10.4 Å². The van der Waals surface area contributed by atoms with Crippen LogP contribution in [0.2, 0.25) is 5.02 Å². The highest BCUT2D eigenvalue weighted by Gasteiger charge is 2.09. The molecule has 3 amide bonds. The van der Waals surface area contributed by atoms with Gasteiger partial charge in [-0.1, -0.05) is 11.6 Å². The number of rotatable bonds is 1. The van der Waals surface area contributed by atoms with Crippen molar-refractivity contribution in [1.82, 2.24) is 10.4 Å². The molecule has 0 heterocycles. The molecule has 0 aromatic heterocycles. The van der Waals surface area contributed by atoms with Crippen LogP contribution in [0.25, 0.3) is 0 Å². The summed E-state index contributed by atoms with van der Waals surface area (Å²) in [6.07, 6.45) is 0. The Morgan fingerprint density at radius 3 is 2.33 bits per heavy atom. The van der Waals surface area contributed by atoms with Gasteiger partial charge in [0.25, 0.3) is 5.91 Å². The third-order valence-electron chi connectivity index (χ3n) is 1.71. The lowest BCUT2D eigenvalue weighted by Crippen LogP contribution is -2.46. The van der Waals surface area contributed by atoms with Crippen LogP contribution in [0.3, 0.4) is 0 Å². The summed E-state index contributed by atoms with van der Waals surface area (Å²) in [6.45, 7) is 0. The van der Waals surface area contributed by atoms with Crippen LogP contribution >= 0.6 is 11.6 Å². The fraction of sp³-hybridized carbons (Fsp3) is 0.111. The average molecular weight is 228 g/mol. The maximum atomic E-state index is 11.5. The van der Waals surface area contributed by atoms with E-state index in [1.165, 1.54) is 7.05 Å².